The molecule has 166 valence electrons. The molecule has 2 aliphatic rings. The molecule has 7 heteroatoms. The summed E-state index contributed by atoms with van der Waals surface area (Å²) < 4.78 is 23.7. The third-order valence-electron chi connectivity index (χ3n) is 6.45. The first kappa shape index (κ1) is 22.0. The zero-order chi connectivity index (χ0) is 22.0. The summed E-state index contributed by atoms with van der Waals surface area (Å²) in [7, 11) is -2.89. The highest BCUT2D eigenvalue weighted by molar-refractivity contribution is 7.91. The number of carbonyl (C=O) groups is 1. The topological polar surface area (TPSA) is 69.7 Å². The van der Waals surface area contributed by atoms with Crippen molar-refractivity contribution in [3.63, 3.8) is 0 Å². The van der Waals surface area contributed by atoms with Crippen LogP contribution in [0.3, 0.4) is 0 Å². The Balaban J connectivity index is 1.50. The van der Waals surface area contributed by atoms with E-state index in [4.69, 9.17) is 0 Å². The number of anilines is 1. The zero-order valence-electron chi connectivity index (χ0n) is 18.3. The van der Waals surface area contributed by atoms with Crippen molar-refractivity contribution in [1.82, 2.24) is 9.80 Å². The van der Waals surface area contributed by atoms with Gasteiger partial charge in [-0.15, -0.1) is 0 Å². The van der Waals surface area contributed by atoms with Crippen LogP contribution in [-0.2, 0) is 14.6 Å². The predicted molar refractivity (Wildman–Crippen MR) is 124 cm³/mol. The van der Waals surface area contributed by atoms with Gasteiger partial charge in [-0.2, -0.15) is 0 Å². The van der Waals surface area contributed by atoms with Gasteiger partial charge in [0.1, 0.15) is 6.04 Å². The Hall–Kier alpha value is -2.22. The van der Waals surface area contributed by atoms with Gasteiger partial charge < -0.3 is 5.32 Å². The largest absolute Gasteiger partial charge is 0.324 e. The Kier molecular flexibility index (Phi) is 6.46. The molecule has 0 radical (unpaired) electrons. The molecule has 0 unspecified atom stereocenters. The molecule has 0 spiro atoms. The van der Waals surface area contributed by atoms with E-state index >= 15 is 0 Å². The van der Waals surface area contributed by atoms with Crippen molar-refractivity contribution in [2.75, 3.05) is 43.0 Å². The summed E-state index contributed by atoms with van der Waals surface area (Å²) in [6.07, 6.45) is 0.720. The molecule has 1 N–H and O–H groups in total. The molecule has 0 saturated carbocycles. The van der Waals surface area contributed by atoms with Gasteiger partial charge >= 0.3 is 0 Å². The smallest absolute Gasteiger partial charge is 0.246 e. The number of carbonyl (C=O) groups excluding carboxylic acids is 1. The second kappa shape index (κ2) is 9.10. The van der Waals surface area contributed by atoms with Crippen LogP contribution in [0.15, 0.2) is 48.5 Å². The predicted octanol–water partition coefficient (Wildman–Crippen LogP) is 2.79. The molecule has 2 heterocycles. The molecule has 1 amide bonds. The first-order valence-electron chi connectivity index (χ1n) is 10.9. The number of nitrogens with one attached hydrogen (secondary N) is 1. The lowest BCUT2D eigenvalue weighted by molar-refractivity contribution is -0.122. The van der Waals surface area contributed by atoms with Gasteiger partial charge in [0.05, 0.1) is 11.5 Å². The minimum Gasteiger partial charge on any atom is -0.324 e. The molecule has 2 aliphatic heterocycles. The maximum Gasteiger partial charge on any atom is 0.246 e. The highest BCUT2D eigenvalue weighted by Crippen LogP contribution is 2.27. The molecular formula is C24H31N3O3S. The second-order valence-electron chi connectivity index (χ2n) is 8.75. The SMILES string of the molecule is Cc1ccc(C)c(NC(=O)[C@@H](c2ccccc2)N2CCN([C@H]3CCS(=O)(=O)C3)CC2)c1. The van der Waals surface area contributed by atoms with Crippen molar-refractivity contribution in [2.45, 2.75) is 32.4 Å². The van der Waals surface area contributed by atoms with E-state index in [1.807, 2.05) is 62.4 Å². The zero-order valence-corrected chi connectivity index (χ0v) is 19.1. The number of aryl methyl sites for hydroxylation is 2. The fourth-order valence-electron chi connectivity index (χ4n) is 4.66. The van der Waals surface area contributed by atoms with E-state index in [1.54, 1.807) is 0 Å². The van der Waals surface area contributed by atoms with Crippen LogP contribution >= 0.6 is 0 Å². The lowest BCUT2D eigenvalue weighted by Gasteiger charge is -2.40. The Morgan fingerprint density at radius 1 is 1.03 bits per heavy atom. The molecule has 2 saturated heterocycles. The van der Waals surface area contributed by atoms with Crippen LogP contribution in [-0.4, -0.2) is 67.9 Å². The van der Waals surface area contributed by atoms with Crippen molar-refractivity contribution < 1.29 is 13.2 Å². The van der Waals surface area contributed by atoms with Crippen LogP contribution in [0.5, 0.6) is 0 Å². The van der Waals surface area contributed by atoms with Gasteiger partial charge in [-0.25, -0.2) is 8.42 Å². The summed E-state index contributed by atoms with van der Waals surface area (Å²) in [5.41, 5.74) is 3.97. The first-order valence-corrected chi connectivity index (χ1v) is 12.8. The number of benzene rings is 2. The third-order valence-corrected chi connectivity index (χ3v) is 8.20. The van der Waals surface area contributed by atoms with Gasteiger partial charge in [-0.05, 0) is 43.0 Å². The van der Waals surface area contributed by atoms with Crippen molar-refractivity contribution >= 4 is 21.4 Å². The van der Waals surface area contributed by atoms with E-state index in [0.29, 0.717) is 5.75 Å². The highest BCUT2D eigenvalue weighted by Gasteiger charge is 2.36. The highest BCUT2D eigenvalue weighted by atomic mass is 32.2. The molecule has 0 bridgehead atoms. The molecule has 2 aromatic carbocycles. The molecule has 2 fully saturated rings. The van der Waals surface area contributed by atoms with Crippen molar-refractivity contribution in [2.24, 2.45) is 0 Å². The van der Waals surface area contributed by atoms with Crippen molar-refractivity contribution in [3.8, 4) is 0 Å². The molecule has 0 aliphatic carbocycles. The van der Waals surface area contributed by atoms with Gasteiger partial charge in [-0.3, -0.25) is 14.6 Å². The van der Waals surface area contributed by atoms with Crippen molar-refractivity contribution in [1.29, 1.82) is 0 Å². The second-order valence-corrected chi connectivity index (χ2v) is 11.0. The molecule has 31 heavy (non-hydrogen) atoms. The summed E-state index contributed by atoms with van der Waals surface area (Å²) in [6.45, 7) is 7.04. The van der Waals surface area contributed by atoms with Crippen molar-refractivity contribution in [3.05, 3.63) is 65.2 Å². The van der Waals surface area contributed by atoms with Gasteiger partial charge in [0.2, 0.25) is 5.91 Å². The Morgan fingerprint density at radius 3 is 2.39 bits per heavy atom. The molecular weight excluding hydrogens is 410 g/mol. The van der Waals surface area contributed by atoms with Gasteiger partial charge in [0.25, 0.3) is 0 Å². The normalized spacial score (nSPS) is 22.8. The number of nitrogens with zero attached hydrogens (tertiary/aromatic N) is 2. The average Bonchev–Trinajstić information content (AvgIpc) is 3.12. The Labute approximate surface area is 185 Å². The number of sulfone groups is 1. The van der Waals surface area contributed by atoms with Crippen LogP contribution in [0.25, 0.3) is 0 Å². The van der Waals surface area contributed by atoms with Crippen LogP contribution in [0.1, 0.15) is 29.2 Å². The molecule has 4 rings (SSSR count). The summed E-state index contributed by atoms with van der Waals surface area (Å²) in [4.78, 5) is 18.0. The van der Waals surface area contributed by atoms with E-state index < -0.39 is 9.84 Å². The Morgan fingerprint density at radius 2 is 1.74 bits per heavy atom. The van der Waals surface area contributed by atoms with E-state index in [0.717, 1.165) is 55.0 Å². The summed E-state index contributed by atoms with van der Waals surface area (Å²) in [5.74, 6) is 0.530. The fraction of sp³-hybridized carbons (Fsp3) is 0.458. The van der Waals surface area contributed by atoms with Crippen LogP contribution < -0.4 is 5.32 Å². The van der Waals surface area contributed by atoms with Crippen LogP contribution in [0.2, 0.25) is 0 Å². The maximum absolute atomic E-state index is 13.5. The van der Waals surface area contributed by atoms with Gasteiger partial charge in [0, 0.05) is 37.9 Å². The first-order chi connectivity index (χ1) is 14.8. The Bertz CT molecular complexity index is 1030. The number of hydrogen-bond donors (Lipinski definition) is 1. The van der Waals surface area contributed by atoms with Gasteiger partial charge in [0.15, 0.2) is 9.84 Å². The third kappa shape index (κ3) is 5.17. The lowest BCUT2D eigenvalue weighted by Crippen LogP contribution is -2.53. The summed E-state index contributed by atoms with van der Waals surface area (Å²) >= 11 is 0. The minimum atomic E-state index is -2.89. The van der Waals surface area contributed by atoms with Gasteiger partial charge in [-0.1, -0.05) is 42.5 Å². The number of amides is 1. The monoisotopic (exact) mass is 441 g/mol. The molecule has 2 atom stereocenters. The van der Waals surface area contributed by atoms with Crippen LogP contribution in [0, 0.1) is 13.8 Å². The standard InChI is InChI=1S/C24H31N3O3S/c1-18-8-9-19(2)22(16-18)25-24(28)23(20-6-4-3-5-7-20)27-13-11-26(12-14-27)21-10-15-31(29,30)17-21/h3-9,16,21,23H,10-15,17H2,1-2H3,(H,25,28)/t21-,23+/m0/s1. The van der Waals surface area contributed by atoms with E-state index in [1.165, 1.54) is 0 Å². The molecule has 6 nitrogen and oxygen atoms in total. The van der Waals surface area contributed by atoms with E-state index in [-0.39, 0.29) is 23.7 Å². The number of piperazine rings is 1. The number of rotatable bonds is 5. The maximum atomic E-state index is 13.5. The quantitative estimate of drug-likeness (QED) is 0.773. The number of hydrogen-bond acceptors (Lipinski definition) is 5. The molecule has 2 aromatic rings. The lowest BCUT2D eigenvalue weighted by atomic mass is 10.0. The average molecular weight is 442 g/mol. The summed E-state index contributed by atoms with van der Waals surface area (Å²) in [5, 5.41) is 3.15. The molecule has 0 aromatic heterocycles. The summed E-state index contributed by atoms with van der Waals surface area (Å²) in [6, 6.07) is 15.7. The van der Waals surface area contributed by atoms with Crippen LogP contribution in [0.4, 0.5) is 5.69 Å². The minimum absolute atomic E-state index is 0.0307. The van der Waals surface area contributed by atoms with E-state index in [9.17, 15) is 13.2 Å². The van der Waals surface area contributed by atoms with E-state index in [2.05, 4.69) is 15.1 Å². The fourth-order valence-corrected chi connectivity index (χ4v) is 6.42.